The highest BCUT2D eigenvalue weighted by atomic mass is 32.2. The molecule has 0 fully saturated rings. The fourth-order valence-corrected chi connectivity index (χ4v) is 0.550. The summed E-state index contributed by atoms with van der Waals surface area (Å²) < 4.78 is 0. The summed E-state index contributed by atoms with van der Waals surface area (Å²) >= 11 is 1.00. The van der Waals surface area contributed by atoms with Crippen LogP contribution < -0.4 is 0 Å². The highest BCUT2D eigenvalue weighted by Crippen LogP contribution is 1.97. The van der Waals surface area contributed by atoms with E-state index in [1.807, 2.05) is 5.40 Å². The normalized spacial score (nSPS) is 13.6. The second kappa shape index (κ2) is 4.69. The third-order valence-electron chi connectivity index (χ3n) is 0.478. The molecule has 0 aliphatic rings. The SMILES string of the molecule is CC(O)C=CSC#N. The van der Waals surface area contributed by atoms with Crippen LogP contribution in [-0.2, 0) is 0 Å². The minimum atomic E-state index is -0.448. The fourth-order valence-electron chi connectivity index (χ4n) is 0.183. The summed E-state index contributed by atoms with van der Waals surface area (Å²) in [4.78, 5) is 0. The van der Waals surface area contributed by atoms with Crippen LogP contribution in [0, 0.1) is 10.7 Å². The zero-order chi connectivity index (χ0) is 6.41. The maximum atomic E-state index is 8.57. The molecular formula is C5H7NOS. The van der Waals surface area contributed by atoms with Gasteiger partial charge in [0.2, 0.25) is 0 Å². The summed E-state index contributed by atoms with van der Waals surface area (Å²) in [5.41, 5.74) is 0. The molecule has 0 aliphatic heterocycles. The van der Waals surface area contributed by atoms with E-state index in [0.29, 0.717) is 0 Å². The van der Waals surface area contributed by atoms with Gasteiger partial charge in [0.15, 0.2) is 0 Å². The average Bonchev–Trinajstić information content (AvgIpc) is 1.66. The highest BCUT2D eigenvalue weighted by Gasteiger charge is 1.81. The minimum absolute atomic E-state index is 0.448. The van der Waals surface area contributed by atoms with Crippen LogP contribution in [-0.4, -0.2) is 11.2 Å². The van der Waals surface area contributed by atoms with Crippen molar-refractivity contribution in [3.05, 3.63) is 11.5 Å². The predicted molar refractivity (Wildman–Crippen MR) is 34.0 cm³/mol. The standard InChI is InChI=1S/C5H7NOS/c1-5(7)2-3-8-4-6/h2-3,5,7H,1H3. The van der Waals surface area contributed by atoms with Crippen LogP contribution in [0.2, 0.25) is 0 Å². The maximum absolute atomic E-state index is 8.57. The number of thioether (sulfide) groups is 1. The molecule has 0 amide bonds. The van der Waals surface area contributed by atoms with Gasteiger partial charge in [-0.05, 0) is 30.2 Å². The molecule has 0 saturated heterocycles. The lowest BCUT2D eigenvalue weighted by Crippen LogP contribution is -1.90. The van der Waals surface area contributed by atoms with Crippen molar-refractivity contribution in [1.29, 1.82) is 5.26 Å². The molecule has 8 heavy (non-hydrogen) atoms. The summed E-state index contributed by atoms with van der Waals surface area (Å²) in [6.45, 7) is 1.63. The molecule has 0 bridgehead atoms. The number of thiocyanates is 1. The van der Waals surface area contributed by atoms with E-state index >= 15 is 0 Å². The van der Waals surface area contributed by atoms with Crippen molar-refractivity contribution in [3.63, 3.8) is 0 Å². The first kappa shape index (κ1) is 7.54. The van der Waals surface area contributed by atoms with Gasteiger partial charge >= 0.3 is 0 Å². The molecule has 0 aromatic rings. The van der Waals surface area contributed by atoms with Gasteiger partial charge in [0.25, 0.3) is 0 Å². The second-order valence-electron chi connectivity index (χ2n) is 1.28. The Balaban J connectivity index is 3.23. The van der Waals surface area contributed by atoms with Crippen LogP contribution in [0.25, 0.3) is 0 Å². The van der Waals surface area contributed by atoms with E-state index in [0.717, 1.165) is 11.8 Å². The molecule has 0 rings (SSSR count). The minimum Gasteiger partial charge on any atom is -0.389 e. The average molecular weight is 129 g/mol. The van der Waals surface area contributed by atoms with Gasteiger partial charge in [-0.2, -0.15) is 5.26 Å². The van der Waals surface area contributed by atoms with Crippen LogP contribution in [0.3, 0.4) is 0 Å². The molecule has 0 aromatic heterocycles. The first-order chi connectivity index (χ1) is 3.77. The number of nitrogens with zero attached hydrogens (tertiary/aromatic N) is 1. The molecule has 1 unspecified atom stereocenters. The van der Waals surface area contributed by atoms with Crippen LogP contribution in [0.4, 0.5) is 0 Å². The molecule has 0 spiro atoms. The number of hydrogen-bond donors (Lipinski definition) is 1. The molecule has 3 heteroatoms. The summed E-state index contributed by atoms with van der Waals surface area (Å²) in [5.74, 6) is 0. The third-order valence-corrected chi connectivity index (χ3v) is 0.876. The number of rotatable bonds is 2. The van der Waals surface area contributed by atoms with Crippen molar-refractivity contribution in [2.45, 2.75) is 13.0 Å². The quantitative estimate of drug-likeness (QED) is 0.568. The second-order valence-corrected chi connectivity index (χ2v) is 1.97. The van der Waals surface area contributed by atoms with Gasteiger partial charge in [-0.25, -0.2) is 0 Å². The Morgan fingerprint density at radius 2 is 2.50 bits per heavy atom. The van der Waals surface area contributed by atoms with Gasteiger partial charge in [0.05, 0.1) is 6.10 Å². The Bertz CT molecular complexity index is 114. The summed E-state index contributed by atoms with van der Waals surface area (Å²) in [7, 11) is 0. The van der Waals surface area contributed by atoms with Gasteiger partial charge in [-0.3, -0.25) is 0 Å². The zero-order valence-electron chi connectivity index (χ0n) is 4.53. The van der Waals surface area contributed by atoms with Crippen molar-refractivity contribution in [2.24, 2.45) is 0 Å². The van der Waals surface area contributed by atoms with Gasteiger partial charge in [-0.15, -0.1) is 0 Å². The molecule has 0 radical (unpaired) electrons. The van der Waals surface area contributed by atoms with Crippen LogP contribution >= 0.6 is 11.8 Å². The van der Waals surface area contributed by atoms with Crippen molar-refractivity contribution in [1.82, 2.24) is 0 Å². The molecule has 0 aromatic carbocycles. The number of nitriles is 1. The Morgan fingerprint density at radius 1 is 1.88 bits per heavy atom. The molecule has 1 atom stereocenters. The fraction of sp³-hybridized carbons (Fsp3) is 0.400. The van der Waals surface area contributed by atoms with Crippen LogP contribution in [0.5, 0.6) is 0 Å². The molecule has 0 aliphatic carbocycles. The van der Waals surface area contributed by atoms with Crippen molar-refractivity contribution < 1.29 is 5.11 Å². The van der Waals surface area contributed by atoms with Crippen molar-refractivity contribution in [3.8, 4) is 5.40 Å². The van der Waals surface area contributed by atoms with E-state index in [1.165, 1.54) is 0 Å². The van der Waals surface area contributed by atoms with E-state index in [1.54, 1.807) is 18.4 Å². The van der Waals surface area contributed by atoms with Gasteiger partial charge < -0.3 is 5.11 Å². The molecule has 2 nitrogen and oxygen atoms in total. The van der Waals surface area contributed by atoms with E-state index in [-0.39, 0.29) is 0 Å². The molecule has 44 valence electrons. The Labute approximate surface area is 52.8 Å². The topological polar surface area (TPSA) is 44.0 Å². The van der Waals surface area contributed by atoms with Crippen molar-refractivity contribution in [2.75, 3.05) is 0 Å². The predicted octanol–water partition coefficient (Wildman–Crippen LogP) is 1.10. The monoisotopic (exact) mass is 129 g/mol. The molecule has 0 heterocycles. The molecule has 0 saturated carbocycles. The maximum Gasteiger partial charge on any atom is 0.137 e. The first-order valence-electron chi connectivity index (χ1n) is 2.17. The first-order valence-corrected chi connectivity index (χ1v) is 3.05. The Hall–Kier alpha value is -0.460. The molecular weight excluding hydrogens is 122 g/mol. The summed E-state index contributed by atoms with van der Waals surface area (Å²) in [6, 6.07) is 0. The van der Waals surface area contributed by atoms with E-state index in [4.69, 9.17) is 10.4 Å². The number of hydrogen-bond acceptors (Lipinski definition) is 3. The lowest BCUT2D eigenvalue weighted by atomic mass is 10.4. The van der Waals surface area contributed by atoms with Gasteiger partial charge in [-0.1, -0.05) is 0 Å². The van der Waals surface area contributed by atoms with Crippen LogP contribution in [0.15, 0.2) is 11.5 Å². The van der Waals surface area contributed by atoms with Crippen molar-refractivity contribution >= 4 is 11.8 Å². The smallest absolute Gasteiger partial charge is 0.137 e. The molecule has 1 N–H and O–H groups in total. The summed E-state index contributed by atoms with van der Waals surface area (Å²) in [6.07, 6.45) is 1.10. The van der Waals surface area contributed by atoms with E-state index < -0.39 is 6.10 Å². The van der Waals surface area contributed by atoms with Gasteiger partial charge in [0, 0.05) is 0 Å². The number of aliphatic hydroxyl groups excluding tert-OH is 1. The lowest BCUT2D eigenvalue weighted by molar-refractivity contribution is 0.244. The summed E-state index contributed by atoms with van der Waals surface area (Å²) in [5, 5.41) is 19.9. The van der Waals surface area contributed by atoms with E-state index in [9.17, 15) is 0 Å². The van der Waals surface area contributed by atoms with E-state index in [2.05, 4.69) is 0 Å². The third kappa shape index (κ3) is 5.54. The van der Waals surface area contributed by atoms with Crippen LogP contribution in [0.1, 0.15) is 6.92 Å². The van der Waals surface area contributed by atoms with Gasteiger partial charge in [0.1, 0.15) is 5.40 Å². The Morgan fingerprint density at radius 3 is 2.88 bits per heavy atom. The highest BCUT2D eigenvalue weighted by molar-refractivity contribution is 8.06. The zero-order valence-corrected chi connectivity index (χ0v) is 5.35. The Kier molecular flexibility index (Phi) is 4.42. The largest absolute Gasteiger partial charge is 0.389 e. The number of aliphatic hydroxyl groups is 1. The lowest BCUT2D eigenvalue weighted by Gasteiger charge is -1.87.